The van der Waals surface area contributed by atoms with E-state index in [2.05, 4.69) is 52.4 Å². The van der Waals surface area contributed by atoms with Crippen molar-refractivity contribution in [2.24, 2.45) is 4.99 Å². The Bertz CT molecular complexity index is 1190. The molecule has 0 radical (unpaired) electrons. The minimum absolute atomic E-state index is 0.0927. The molecule has 0 bridgehead atoms. The van der Waals surface area contributed by atoms with Gasteiger partial charge in [-0.3, -0.25) is 4.79 Å². The van der Waals surface area contributed by atoms with Gasteiger partial charge in [0, 0.05) is 36.0 Å². The van der Waals surface area contributed by atoms with Gasteiger partial charge >= 0.3 is 0 Å². The van der Waals surface area contributed by atoms with Gasteiger partial charge in [-0.05, 0) is 54.8 Å². The number of rotatable bonds is 11. The maximum atomic E-state index is 13.6. The van der Waals surface area contributed by atoms with Crippen molar-refractivity contribution in [3.63, 3.8) is 0 Å². The van der Waals surface area contributed by atoms with Gasteiger partial charge < -0.3 is 19.9 Å². The molecule has 3 aromatic carbocycles. The number of hydrogen-bond acceptors (Lipinski definition) is 5. The predicted molar refractivity (Wildman–Crippen MR) is 145 cm³/mol. The Morgan fingerprint density at radius 1 is 1.11 bits per heavy atom. The van der Waals surface area contributed by atoms with Crippen LogP contribution in [0.1, 0.15) is 28.7 Å². The number of aryl methyl sites for hydroxylation is 1. The van der Waals surface area contributed by atoms with E-state index >= 15 is 0 Å². The summed E-state index contributed by atoms with van der Waals surface area (Å²) in [6.07, 6.45) is 1.73. The number of aliphatic imine (C=N–C) groups is 1. The van der Waals surface area contributed by atoms with Crippen LogP contribution < -0.4 is 10.1 Å². The molecule has 3 aromatic rings. The number of nitrogens with zero attached hydrogens (tertiary/aromatic N) is 1. The molecule has 2 N–H and O–H groups in total. The molecule has 6 nitrogen and oxygen atoms in total. The van der Waals surface area contributed by atoms with E-state index in [1.807, 2.05) is 48.5 Å². The normalized spacial score (nSPS) is 16.8. The third-order valence-electron chi connectivity index (χ3n) is 6.12. The standard InChI is InChI=1S/C29H31BrN2O4/c1-21-7-9-22(10-8-21)15-16-31-28(34)29(19-24-5-2-3-6-26(24)30)20-36-27(32-29)23-11-13-25(14-12-23)35-18-4-17-33/h2-3,5-14,33H,4,15-20H2,1H3,(H,31,34)/t29-/m1/s1. The number of ether oxygens (including phenoxy) is 2. The third kappa shape index (κ3) is 6.53. The first-order valence-corrected chi connectivity index (χ1v) is 12.9. The summed E-state index contributed by atoms with van der Waals surface area (Å²) in [5.41, 5.74) is 3.10. The number of aliphatic hydroxyl groups excluding tert-OH is 1. The number of amides is 1. The molecule has 0 saturated heterocycles. The molecule has 1 aliphatic rings. The maximum absolute atomic E-state index is 13.6. The maximum Gasteiger partial charge on any atom is 0.251 e. The average Bonchev–Trinajstić information content (AvgIpc) is 3.32. The molecule has 0 aliphatic carbocycles. The van der Waals surface area contributed by atoms with Crippen LogP contribution in [-0.4, -0.2) is 48.8 Å². The number of carbonyl (C=O) groups excluding carboxylic acids is 1. The molecule has 1 aliphatic heterocycles. The largest absolute Gasteiger partial charge is 0.494 e. The summed E-state index contributed by atoms with van der Waals surface area (Å²) in [5.74, 6) is 1.00. The second-order valence-electron chi connectivity index (χ2n) is 8.95. The van der Waals surface area contributed by atoms with Gasteiger partial charge in [-0.15, -0.1) is 0 Å². The van der Waals surface area contributed by atoms with Crippen LogP contribution in [0.3, 0.4) is 0 Å². The number of nitrogens with one attached hydrogen (secondary N) is 1. The van der Waals surface area contributed by atoms with Gasteiger partial charge in [0.1, 0.15) is 12.4 Å². The zero-order valence-corrected chi connectivity index (χ0v) is 22.0. The summed E-state index contributed by atoms with van der Waals surface area (Å²) < 4.78 is 12.6. The van der Waals surface area contributed by atoms with Gasteiger partial charge in [0.25, 0.3) is 5.91 Å². The highest BCUT2D eigenvalue weighted by Gasteiger charge is 2.44. The zero-order valence-electron chi connectivity index (χ0n) is 20.4. The lowest BCUT2D eigenvalue weighted by molar-refractivity contribution is -0.126. The van der Waals surface area contributed by atoms with Crippen molar-refractivity contribution in [1.82, 2.24) is 5.32 Å². The zero-order chi connectivity index (χ0) is 25.4. The Hall–Kier alpha value is -3.16. The van der Waals surface area contributed by atoms with Crippen LogP contribution in [0.15, 0.2) is 82.3 Å². The Morgan fingerprint density at radius 2 is 1.86 bits per heavy atom. The first-order valence-electron chi connectivity index (χ1n) is 12.1. The van der Waals surface area contributed by atoms with E-state index in [1.165, 1.54) is 11.1 Å². The van der Waals surface area contributed by atoms with Crippen molar-refractivity contribution in [1.29, 1.82) is 0 Å². The number of halogens is 1. The van der Waals surface area contributed by atoms with E-state index in [9.17, 15) is 4.79 Å². The van der Waals surface area contributed by atoms with E-state index in [0.717, 1.165) is 22.0 Å². The van der Waals surface area contributed by atoms with Gasteiger partial charge in [0.15, 0.2) is 5.54 Å². The van der Waals surface area contributed by atoms with Crippen LogP contribution in [0, 0.1) is 6.92 Å². The molecular formula is C29H31BrN2O4. The molecule has 0 unspecified atom stereocenters. The molecule has 0 fully saturated rings. The third-order valence-corrected chi connectivity index (χ3v) is 6.89. The average molecular weight is 551 g/mol. The second-order valence-corrected chi connectivity index (χ2v) is 9.80. The van der Waals surface area contributed by atoms with E-state index in [-0.39, 0.29) is 19.1 Å². The van der Waals surface area contributed by atoms with Gasteiger partial charge in [0.05, 0.1) is 6.61 Å². The van der Waals surface area contributed by atoms with E-state index in [4.69, 9.17) is 19.6 Å². The molecular weight excluding hydrogens is 520 g/mol. The van der Waals surface area contributed by atoms with Gasteiger partial charge in [0.2, 0.25) is 5.90 Å². The molecule has 7 heteroatoms. The lowest BCUT2D eigenvalue weighted by atomic mass is 9.91. The summed E-state index contributed by atoms with van der Waals surface area (Å²) in [4.78, 5) is 18.4. The first kappa shape index (κ1) is 25.9. The molecule has 0 spiro atoms. The Balaban J connectivity index is 1.51. The fourth-order valence-electron chi connectivity index (χ4n) is 4.03. The number of benzene rings is 3. The molecule has 188 valence electrons. The van der Waals surface area contributed by atoms with Crippen molar-refractivity contribution in [2.75, 3.05) is 26.4 Å². The Labute approximate surface area is 220 Å². The van der Waals surface area contributed by atoms with Crippen molar-refractivity contribution < 1.29 is 19.4 Å². The SMILES string of the molecule is Cc1ccc(CCNC(=O)[C@@]2(Cc3ccccc3Br)COC(c3ccc(OCCCO)cc3)=N2)cc1. The lowest BCUT2D eigenvalue weighted by Crippen LogP contribution is -2.49. The highest BCUT2D eigenvalue weighted by atomic mass is 79.9. The molecule has 0 aromatic heterocycles. The van der Waals surface area contributed by atoms with E-state index in [0.29, 0.717) is 37.6 Å². The monoisotopic (exact) mass is 550 g/mol. The molecule has 4 rings (SSSR count). The second kappa shape index (κ2) is 12.2. The predicted octanol–water partition coefficient (Wildman–Crippen LogP) is 4.64. The van der Waals surface area contributed by atoms with Crippen molar-refractivity contribution >= 4 is 27.7 Å². The summed E-state index contributed by atoms with van der Waals surface area (Å²) >= 11 is 3.61. The minimum Gasteiger partial charge on any atom is -0.494 e. The van der Waals surface area contributed by atoms with Crippen LogP contribution >= 0.6 is 15.9 Å². The number of hydrogen-bond donors (Lipinski definition) is 2. The summed E-state index contributed by atoms with van der Waals surface area (Å²) in [7, 11) is 0. The highest BCUT2D eigenvalue weighted by Crippen LogP contribution is 2.30. The number of carbonyl (C=O) groups is 1. The van der Waals surface area contributed by atoms with Crippen LogP contribution in [0.2, 0.25) is 0 Å². The summed E-state index contributed by atoms with van der Waals surface area (Å²) in [6, 6.07) is 23.6. The van der Waals surface area contributed by atoms with Crippen molar-refractivity contribution in [3.05, 3.63) is 99.5 Å². The Morgan fingerprint density at radius 3 is 2.58 bits per heavy atom. The summed E-state index contributed by atoms with van der Waals surface area (Å²) in [6.45, 7) is 3.28. The topological polar surface area (TPSA) is 80.2 Å². The van der Waals surface area contributed by atoms with E-state index < -0.39 is 5.54 Å². The molecule has 1 amide bonds. The fraction of sp³-hybridized carbons (Fsp3) is 0.310. The van der Waals surface area contributed by atoms with Crippen LogP contribution in [0.25, 0.3) is 0 Å². The molecule has 1 atom stereocenters. The van der Waals surface area contributed by atoms with Crippen molar-refractivity contribution in [2.45, 2.75) is 31.7 Å². The van der Waals surface area contributed by atoms with Gasteiger partial charge in [-0.1, -0.05) is 64.0 Å². The smallest absolute Gasteiger partial charge is 0.251 e. The van der Waals surface area contributed by atoms with Crippen LogP contribution in [0.5, 0.6) is 5.75 Å². The highest BCUT2D eigenvalue weighted by molar-refractivity contribution is 9.10. The first-order chi connectivity index (χ1) is 17.5. The van der Waals surface area contributed by atoms with Gasteiger partial charge in [-0.2, -0.15) is 0 Å². The lowest BCUT2D eigenvalue weighted by Gasteiger charge is -2.24. The molecule has 0 saturated carbocycles. The van der Waals surface area contributed by atoms with Crippen LogP contribution in [-0.2, 0) is 22.4 Å². The quantitative estimate of drug-likeness (QED) is 0.341. The number of aliphatic hydroxyl groups is 1. The summed E-state index contributed by atoms with van der Waals surface area (Å²) in [5, 5.41) is 12.0. The van der Waals surface area contributed by atoms with E-state index in [1.54, 1.807) is 0 Å². The van der Waals surface area contributed by atoms with Crippen molar-refractivity contribution in [3.8, 4) is 5.75 Å². The Kier molecular flexibility index (Phi) is 8.78. The minimum atomic E-state index is -1.07. The van der Waals surface area contributed by atoms with Crippen LogP contribution in [0.4, 0.5) is 0 Å². The van der Waals surface area contributed by atoms with Gasteiger partial charge in [-0.25, -0.2) is 4.99 Å². The fourth-order valence-corrected chi connectivity index (χ4v) is 4.45. The molecule has 1 heterocycles. The molecule has 36 heavy (non-hydrogen) atoms.